The van der Waals surface area contributed by atoms with Crippen molar-refractivity contribution in [2.45, 2.75) is 6.54 Å². The van der Waals surface area contributed by atoms with Crippen LogP contribution in [-0.2, 0) is 11.3 Å². The van der Waals surface area contributed by atoms with Crippen molar-refractivity contribution in [1.29, 1.82) is 0 Å². The SMILES string of the molecule is NC(=O)c1nn(CCN2CCOCC2)cc1N. The fraction of sp³-hybridized carbons (Fsp3) is 0.600. The van der Waals surface area contributed by atoms with E-state index in [-0.39, 0.29) is 5.69 Å². The minimum absolute atomic E-state index is 0.145. The molecule has 0 unspecified atom stereocenters. The van der Waals surface area contributed by atoms with Gasteiger partial charge in [-0.15, -0.1) is 0 Å². The third-order valence-electron chi connectivity index (χ3n) is 2.77. The maximum absolute atomic E-state index is 11.0. The Morgan fingerprint density at radius 2 is 2.12 bits per heavy atom. The summed E-state index contributed by atoms with van der Waals surface area (Å²) in [6, 6.07) is 0. The Labute approximate surface area is 99.3 Å². The molecule has 0 atom stereocenters. The van der Waals surface area contributed by atoms with Crippen molar-refractivity contribution < 1.29 is 9.53 Å². The lowest BCUT2D eigenvalue weighted by atomic mass is 10.4. The van der Waals surface area contributed by atoms with Gasteiger partial charge < -0.3 is 16.2 Å². The molecule has 2 rings (SSSR count). The van der Waals surface area contributed by atoms with Crippen LogP contribution < -0.4 is 11.5 Å². The van der Waals surface area contributed by atoms with E-state index in [1.807, 2.05) is 0 Å². The fourth-order valence-corrected chi connectivity index (χ4v) is 1.81. The van der Waals surface area contributed by atoms with Gasteiger partial charge in [0.15, 0.2) is 5.69 Å². The third-order valence-corrected chi connectivity index (χ3v) is 2.77. The van der Waals surface area contributed by atoms with Crippen LogP contribution in [0.2, 0.25) is 0 Å². The van der Waals surface area contributed by atoms with Crippen LogP contribution in [0.3, 0.4) is 0 Å². The summed E-state index contributed by atoms with van der Waals surface area (Å²) in [6.45, 7) is 4.96. The van der Waals surface area contributed by atoms with Crippen LogP contribution >= 0.6 is 0 Å². The van der Waals surface area contributed by atoms with Crippen LogP contribution in [0.15, 0.2) is 6.20 Å². The van der Waals surface area contributed by atoms with Crippen molar-refractivity contribution >= 4 is 11.6 Å². The number of nitrogens with two attached hydrogens (primary N) is 2. The first kappa shape index (κ1) is 11.9. The molecule has 0 saturated carbocycles. The molecule has 1 saturated heterocycles. The van der Waals surface area contributed by atoms with Crippen molar-refractivity contribution in [3.8, 4) is 0 Å². The molecule has 0 aliphatic carbocycles. The van der Waals surface area contributed by atoms with E-state index in [0.29, 0.717) is 12.2 Å². The second kappa shape index (κ2) is 5.15. The molecule has 2 heterocycles. The quantitative estimate of drug-likeness (QED) is 0.694. The van der Waals surface area contributed by atoms with Gasteiger partial charge in [0.25, 0.3) is 5.91 Å². The number of ether oxygens (including phenoxy) is 1. The number of carbonyl (C=O) groups excluding carboxylic acids is 1. The molecule has 1 fully saturated rings. The second-order valence-electron chi connectivity index (χ2n) is 4.01. The minimum Gasteiger partial charge on any atom is -0.396 e. The number of carbonyl (C=O) groups is 1. The largest absolute Gasteiger partial charge is 0.396 e. The topological polar surface area (TPSA) is 99.4 Å². The number of anilines is 1. The molecule has 0 bridgehead atoms. The Hall–Kier alpha value is -1.60. The van der Waals surface area contributed by atoms with Gasteiger partial charge in [-0.2, -0.15) is 5.10 Å². The highest BCUT2D eigenvalue weighted by Gasteiger charge is 2.13. The molecule has 7 heteroatoms. The van der Waals surface area contributed by atoms with Crippen LogP contribution in [0.4, 0.5) is 5.69 Å². The zero-order chi connectivity index (χ0) is 12.3. The third kappa shape index (κ3) is 2.95. The highest BCUT2D eigenvalue weighted by Crippen LogP contribution is 2.08. The summed E-state index contributed by atoms with van der Waals surface area (Å²) in [5.41, 5.74) is 11.3. The average Bonchev–Trinajstić information content (AvgIpc) is 2.69. The summed E-state index contributed by atoms with van der Waals surface area (Å²) in [5.74, 6) is -0.590. The zero-order valence-electron chi connectivity index (χ0n) is 9.63. The summed E-state index contributed by atoms with van der Waals surface area (Å²) in [7, 11) is 0. The molecule has 0 aromatic carbocycles. The maximum atomic E-state index is 11.0. The van der Waals surface area contributed by atoms with Crippen LogP contribution in [0, 0.1) is 0 Å². The lowest BCUT2D eigenvalue weighted by Gasteiger charge is -2.26. The van der Waals surface area contributed by atoms with Crippen LogP contribution in [-0.4, -0.2) is 53.4 Å². The number of hydrogen-bond donors (Lipinski definition) is 2. The van der Waals surface area contributed by atoms with Gasteiger partial charge in [-0.25, -0.2) is 0 Å². The van der Waals surface area contributed by atoms with Crippen molar-refractivity contribution in [3.05, 3.63) is 11.9 Å². The molecule has 1 aliphatic rings. The molecule has 94 valence electrons. The van der Waals surface area contributed by atoms with Crippen molar-refractivity contribution in [3.63, 3.8) is 0 Å². The predicted octanol–water partition coefficient (Wildman–Crippen LogP) is -1.10. The Morgan fingerprint density at radius 3 is 2.71 bits per heavy atom. The number of morpholine rings is 1. The van der Waals surface area contributed by atoms with Gasteiger partial charge >= 0.3 is 0 Å². The Balaban J connectivity index is 1.90. The van der Waals surface area contributed by atoms with Crippen molar-refractivity contribution in [1.82, 2.24) is 14.7 Å². The van der Waals surface area contributed by atoms with E-state index in [9.17, 15) is 4.79 Å². The van der Waals surface area contributed by atoms with Gasteiger partial charge in [0.1, 0.15) is 0 Å². The lowest BCUT2D eigenvalue weighted by molar-refractivity contribution is 0.0359. The first-order valence-electron chi connectivity index (χ1n) is 5.59. The molecule has 0 spiro atoms. The Bertz CT molecular complexity index is 397. The molecule has 0 radical (unpaired) electrons. The average molecular weight is 239 g/mol. The number of rotatable bonds is 4. The molecule has 7 nitrogen and oxygen atoms in total. The summed E-state index contributed by atoms with van der Waals surface area (Å²) < 4.78 is 6.92. The smallest absolute Gasteiger partial charge is 0.271 e. The van der Waals surface area contributed by atoms with E-state index in [2.05, 4.69) is 10.00 Å². The molecule has 1 aromatic rings. The van der Waals surface area contributed by atoms with Crippen LogP contribution in [0.25, 0.3) is 0 Å². The number of aromatic nitrogens is 2. The van der Waals surface area contributed by atoms with E-state index in [4.69, 9.17) is 16.2 Å². The highest BCUT2D eigenvalue weighted by atomic mass is 16.5. The number of primary amides is 1. The van der Waals surface area contributed by atoms with Gasteiger partial charge in [-0.1, -0.05) is 0 Å². The lowest BCUT2D eigenvalue weighted by Crippen LogP contribution is -2.38. The van der Waals surface area contributed by atoms with Gasteiger partial charge in [0.2, 0.25) is 0 Å². The highest BCUT2D eigenvalue weighted by molar-refractivity contribution is 5.95. The Morgan fingerprint density at radius 1 is 1.41 bits per heavy atom. The van der Waals surface area contributed by atoms with Crippen LogP contribution in [0.5, 0.6) is 0 Å². The summed E-state index contributed by atoms with van der Waals surface area (Å²) >= 11 is 0. The molecule has 17 heavy (non-hydrogen) atoms. The molecule has 1 amide bonds. The maximum Gasteiger partial charge on any atom is 0.271 e. The molecular formula is C10H17N5O2. The first-order chi connectivity index (χ1) is 8.16. The van der Waals surface area contributed by atoms with E-state index >= 15 is 0 Å². The monoisotopic (exact) mass is 239 g/mol. The summed E-state index contributed by atoms with van der Waals surface area (Å²) in [5, 5.41) is 4.05. The molecule has 1 aliphatic heterocycles. The van der Waals surface area contributed by atoms with Gasteiger partial charge in [0.05, 0.1) is 25.4 Å². The fourth-order valence-electron chi connectivity index (χ4n) is 1.81. The van der Waals surface area contributed by atoms with Crippen LogP contribution in [0.1, 0.15) is 10.5 Å². The number of nitrogens with zero attached hydrogens (tertiary/aromatic N) is 3. The minimum atomic E-state index is -0.590. The number of nitrogen functional groups attached to an aromatic ring is 1. The number of amides is 1. The predicted molar refractivity (Wildman–Crippen MR) is 62.4 cm³/mol. The van der Waals surface area contributed by atoms with E-state index in [1.165, 1.54) is 0 Å². The normalized spacial score (nSPS) is 17.2. The summed E-state index contributed by atoms with van der Waals surface area (Å²) in [4.78, 5) is 13.3. The summed E-state index contributed by atoms with van der Waals surface area (Å²) in [6.07, 6.45) is 1.64. The van der Waals surface area contributed by atoms with Gasteiger partial charge in [0, 0.05) is 25.8 Å². The van der Waals surface area contributed by atoms with Crippen molar-refractivity contribution in [2.75, 3.05) is 38.6 Å². The zero-order valence-corrected chi connectivity index (χ0v) is 9.63. The molecule has 4 N–H and O–H groups in total. The first-order valence-corrected chi connectivity index (χ1v) is 5.59. The van der Waals surface area contributed by atoms with Crippen molar-refractivity contribution in [2.24, 2.45) is 5.73 Å². The van der Waals surface area contributed by atoms with E-state index in [1.54, 1.807) is 10.9 Å². The molecule has 1 aromatic heterocycles. The number of hydrogen-bond acceptors (Lipinski definition) is 5. The van der Waals surface area contributed by atoms with E-state index < -0.39 is 5.91 Å². The Kier molecular flexibility index (Phi) is 3.60. The van der Waals surface area contributed by atoms with Gasteiger partial charge in [-0.3, -0.25) is 14.4 Å². The molecular weight excluding hydrogens is 222 g/mol. The standard InChI is InChI=1S/C10H17N5O2/c11-8-7-15(13-9(8)10(12)16)2-1-14-3-5-17-6-4-14/h7H,1-6,11H2,(H2,12,16). The van der Waals surface area contributed by atoms with E-state index in [0.717, 1.165) is 32.8 Å². The second-order valence-corrected chi connectivity index (χ2v) is 4.01. The van der Waals surface area contributed by atoms with Gasteiger partial charge in [-0.05, 0) is 0 Å².